The lowest BCUT2D eigenvalue weighted by atomic mass is 10.2. The van der Waals surface area contributed by atoms with Crippen molar-refractivity contribution in [1.29, 1.82) is 0 Å². The monoisotopic (exact) mass is 308 g/mol. The molecule has 0 saturated heterocycles. The number of hydrogen-bond donors (Lipinski definition) is 2. The Morgan fingerprint density at radius 1 is 1.19 bits per heavy atom. The minimum absolute atomic E-state index is 0.117. The summed E-state index contributed by atoms with van der Waals surface area (Å²) in [6.07, 6.45) is 3.06. The van der Waals surface area contributed by atoms with Crippen LogP contribution in [0.25, 0.3) is 0 Å². The molecule has 0 aromatic heterocycles. The fourth-order valence-electron chi connectivity index (χ4n) is 2.00. The van der Waals surface area contributed by atoms with Crippen molar-refractivity contribution in [1.82, 2.24) is 5.32 Å². The summed E-state index contributed by atoms with van der Waals surface area (Å²) in [4.78, 5) is 13.2. The van der Waals surface area contributed by atoms with Crippen LogP contribution >= 0.6 is 11.8 Å². The zero-order valence-corrected chi connectivity index (χ0v) is 14.6. The molecule has 1 aromatic rings. The molecule has 21 heavy (non-hydrogen) atoms. The van der Waals surface area contributed by atoms with Crippen LogP contribution in [0.1, 0.15) is 52.5 Å². The molecular weight excluding hydrogens is 280 g/mol. The summed E-state index contributed by atoms with van der Waals surface area (Å²) in [5, 5.41) is 6.55. The third-order valence-corrected chi connectivity index (χ3v) is 4.94. The van der Waals surface area contributed by atoms with Crippen molar-refractivity contribution in [2.24, 2.45) is 0 Å². The predicted molar refractivity (Wildman–Crippen MR) is 93.3 cm³/mol. The molecule has 0 spiro atoms. The Morgan fingerprint density at radius 2 is 1.86 bits per heavy atom. The number of hydrogen-bond acceptors (Lipinski definition) is 2. The second kappa shape index (κ2) is 8.98. The van der Waals surface area contributed by atoms with Crippen molar-refractivity contribution in [2.75, 3.05) is 5.32 Å². The van der Waals surface area contributed by atoms with Gasteiger partial charge in [0.25, 0.3) is 0 Å². The average Bonchev–Trinajstić information content (AvgIpc) is 2.47. The molecule has 2 N–H and O–H groups in total. The second-order valence-electron chi connectivity index (χ2n) is 5.43. The quantitative estimate of drug-likeness (QED) is 0.680. The smallest absolute Gasteiger partial charge is 0.319 e. The second-order valence-corrected chi connectivity index (χ2v) is 6.94. The summed E-state index contributed by atoms with van der Waals surface area (Å²) in [6, 6.07) is 6.34. The molecule has 0 radical (unpaired) electrons. The minimum atomic E-state index is -0.117. The molecule has 0 saturated carbocycles. The van der Waals surface area contributed by atoms with Crippen molar-refractivity contribution in [2.45, 2.75) is 70.1 Å². The number of urea groups is 1. The molecular formula is C17H28N2OS. The van der Waals surface area contributed by atoms with E-state index in [2.05, 4.69) is 50.5 Å². The van der Waals surface area contributed by atoms with Gasteiger partial charge in [-0.05, 0) is 49.9 Å². The number of nitrogens with one attached hydrogen (secondary N) is 2. The standard InChI is InChI=1S/C17H28N2OS/c1-6-13(5)21-15-9-10-16(12(4)11-15)19-17(20)18-14(7-2)8-3/h9-11,13-14H,6-8H2,1-5H3,(H2,18,19,20). The molecule has 1 rings (SSSR count). The van der Waals surface area contributed by atoms with Gasteiger partial charge in [-0.15, -0.1) is 11.8 Å². The minimum Gasteiger partial charge on any atom is -0.335 e. The van der Waals surface area contributed by atoms with E-state index >= 15 is 0 Å². The first-order chi connectivity index (χ1) is 9.99. The third kappa shape index (κ3) is 6.00. The van der Waals surface area contributed by atoms with Crippen LogP contribution < -0.4 is 10.6 Å². The summed E-state index contributed by atoms with van der Waals surface area (Å²) in [7, 11) is 0. The molecule has 0 aliphatic rings. The van der Waals surface area contributed by atoms with Gasteiger partial charge in [0.05, 0.1) is 0 Å². The van der Waals surface area contributed by atoms with Gasteiger partial charge in [0.2, 0.25) is 0 Å². The Bertz CT molecular complexity index is 458. The number of amides is 2. The summed E-state index contributed by atoms with van der Waals surface area (Å²) in [5.41, 5.74) is 1.98. The zero-order valence-electron chi connectivity index (χ0n) is 13.8. The van der Waals surface area contributed by atoms with Crippen LogP contribution in [0.4, 0.5) is 10.5 Å². The van der Waals surface area contributed by atoms with E-state index in [4.69, 9.17) is 0 Å². The highest BCUT2D eigenvalue weighted by atomic mass is 32.2. The first-order valence-electron chi connectivity index (χ1n) is 7.84. The van der Waals surface area contributed by atoms with Gasteiger partial charge in [-0.25, -0.2) is 4.79 Å². The van der Waals surface area contributed by atoms with Gasteiger partial charge in [-0.2, -0.15) is 0 Å². The molecule has 118 valence electrons. The number of carbonyl (C=O) groups excluding carboxylic acids is 1. The van der Waals surface area contributed by atoms with Crippen molar-refractivity contribution >= 4 is 23.5 Å². The first-order valence-corrected chi connectivity index (χ1v) is 8.72. The maximum atomic E-state index is 12.0. The number of thioether (sulfide) groups is 1. The van der Waals surface area contributed by atoms with Crippen molar-refractivity contribution < 1.29 is 4.79 Å². The molecule has 1 aromatic carbocycles. The zero-order chi connectivity index (χ0) is 15.8. The maximum Gasteiger partial charge on any atom is 0.319 e. The fourth-order valence-corrected chi connectivity index (χ4v) is 3.02. The van der Waals surface area contributed by atoms with Gasteiger partial charge < -0.3 is 10.6 Å². The first kappa shape index (κ1) is 17.9. The highest BCUT2D eigenvalue weighted by Crippen LogP contribution is 2.28. The normalized spacial score (nSPS) is 12.3. The molecule has 0 heterocycles. The highest BCUT2D eigenvalue weighted by molar-refractivity contribution is 7.99. The highest BCUT2D eigenvalue weighted by Gasteiger charge is 2.10. The molecule has 1 unspecified atom stereocenters. The van der Waals surface area contributed by atoms with Gasteiger partial charge in [-0.1, -0.05) is 27.7 Å². The van der Waals surface area contributed by atoms with Gasteiger partial charge in [0.1, 0.15) is 0 Å². The van der Waals surface area contributed by atoms with Crippen LogP contribution in [0.3, 0.4) is 0 Å². The SMILES string of the molecule is CCC(CC)NC(=O)Nc1ccc(SC(C)CC)cc1C. The van der Waals surface area contributed by atoms with Gasteiger partial charge in [-0.3, -0.25) is 0 Å². The molecule has 1 atom stereocenters. The third-order valence-electron chi connectivity index (χ3n) is 3.68. The lowest BCUT2D eigenvalue weighted by Crippen LogP contribution is -2.37. The van der Waals surface area contributed by atoms with E-state index in [0.29, 0.717) is 5.25 Å². The van der Waals surface area contributed by atoms with E-state index in [0.717, 1.165) is 30.5 Å². The van der Waals surface area contributed by atoms with Crippen molar-refractivity contribution in [3.63, 3.8) is 0 Å². The van der Waals surface area contributed by atoms with E-state index in [1.165, 1.54) is 4.90 Å². The molecule has 0 aliphatic heterocycles. The van der Waals surface area contributed by atoms with Crippen LogP contribution in [0.15, 0.2) is 23.1 Å². The molecule has 4 heteroatoms. The van der Waals surface area contributed by atoms with Crippen LogP contribution in [0.5, 0.6) is 0 Å². The summed E-state index contributed by atoms with van der Waals surface area (Å²) < 4.78 is 0. The summed E-state index contributed by atoms with van der Waals surface area (Å²) >= 11 is 1.87. The van der Waals surface area contributed by atoms with Crippen molar-refractivity contribution in [3.8, 4) is 0 Å². The Balaban J connectivity index is 2.66. The molecule has 0 bridgehead atoms. The Labute approximate surface area is 133 Å². The molecule has 2 amide bonds. The summed E-state index contributed by atoms with van der Waals surface area (Å²) in [6.45, 7) is 10.6. The van der Waals surface area contributed by atoms with Gasteiger partial charge in [0, 0.05) is 21.9 Å². The number of carbonyl (C=O) groups is 1. The Morgan fingerprint density at radius 3 is 2.38 bits per heavy atom. The van der Waals surface area contributed by atoms with Crippen LogP contribution in [0, 0.1) is 6.92 Å². The average molecular weight is 308 g/mol. The van der Waals surface area contributed by atoms with Crippen LogP contribution in [-0.2, 0) is 0 Å². The lowest BCUT2D eigenvalue weighted by Gasteiger charge is -2.17. The molecule has 3 nitrogen and oxygen atoms in total. The number of rotatable bonds is 7. The Hall–Kier alpha value is -1.16. The largest absolute Gasteiger partial charge is 0.335 e. The predicted octanol–water partition coefficient (Wildman–Crippen LogP) is 5.20. The number of anilines is 1. The van der Waals surface area contributed by atoms with E-state index in [1.807, 2.05) is 24.8 Å². The summed E-state index contributed by atoms with van der Waals surface area (Å²) in [5.74, 6) is 0. The van der Waals surface area contributed by atoms with Crippen molar-refractivity contribution in [3.05, 3.63) is 23.8 Å². The van der Waals surface area contributed by atoms with Crippen LogP contribution in [-0.4, -0.2) is 17.3 Å². The van der Waals surface area contributed by atoms with Gasteiger partial charge >= 0.3 is 6.03 Å². The van der Waals surface area contributed by atoms with E-state index in [9.17, 15) is 4.79 Å². The van der Waals surface area contributed by atoms with Gasteiger partial charge in [0.15, 0.2) is 0 Å². The fraction of sp³-hybridized carbons (Fsp3) is 0.588. The molecule has 0 aliphatic carbocycles. The topological polar surface area (TPSA) is 41.1 Å². The van der Waals surface area contributed by atoms with E-state index < -0.39 is 0 Å². The number of aryl methyl sites for hydroxylation is 1. The maximum absolute atomic E-state index is 12.0. The lowest BCUT2D eigenvalue weighted by molar-refractivity contribution is 0.247. The van der Waals surface area contributed by atoms with E-state index in [-0.39, 0.29) is 12.1 Å². The number of benzene rings is 1. The van der Waals surface area contributed by atoms with E-state index in [1.54, 1.807) is 0 Å². The Kier molecular flexibility index (Phi) is 7.65. The van der Waals surface area contributed by atoms with Crippen LogP contribution in [0.2, 0.25) is 0 Å². The molecule has 0 fully saturated rings.